The quantitative estimate of drug-likeness (QED) is 0.370. The minimum absolute atomic E-state index is 0.0670. The van der Waals surface area contributed by atoms with Gasteiger partial charge in [-0.1, -0.05) is 30.3 Å². The van der Waals surface area contributed by atoms with Crippen molar-refractivity contribution in [1.29, 1.82) is 0 Å². The molecule has 2 heterocycles. The number of amides is 2. The van der Waals surface area contributed by atoms with Gasteiger partial charge in [-0.25, -0.2) is 0 Å². The smallest absolute Gasteiger partial charge is 0.435 e. The Morgan fingerprint density at radius 1 is 1.12 bits per heavy atom. The van der Waals surface area contributed by atoms with Crippen molar-refractivity contribution < 1.29 is 41.8 Å². The zero-order valence-corrected chi connectivity index (χ0v) is 22.7. The van der Waals surface area contributed by atoms with Crippen LogP contribution in [0.15, 0.2) is 48.5 Å². The predicted molar refractivity (Wildman–Crippen MR) is 140 cm³/mol. The van der Waals surface area contributed by atoms with Crippen LogP contribution in [0, 0.1) is 6.92 Å². The lowest BCUT2D eigenvalue weighted by molar-refractivity contribution is -0.142. The number of aromatic nitrogens is 2. The molecular weight excluding hydrogens is 545 g/mol. The van der Waals surface area contributed by atoms with Gasteiger partial charge in [-0.05, 0) is 24.6 Å². The number of halogens is 3. The van der Waals surface area contributed by atoms with E-state index in [4.69, 9.17) is 14.2 Å². The molecule has 0 saturated heterocycles. The predicted octanol–water partition coefficient (Wildman–Crippen LogP) is 3.44. The van der Waals surface area contributed by atoms with Crippen LogP contribution in [0.2, 0.25) is 0 Å². The Hall–Kier alpha value is -4.55. The van der Waals surface area contributed by atoms with Crippen LogP contribution in [0.5, 0.6) is 11.5 Å². The molecule has 1 aliphatic heterocycles. The molecule has 0 saturated carbocycles. The Morgan fingerprint density at radius 2 is 1.83 bits per heavy atom. The summed E-state index contributed by atoms with van der Waals surface area (Å²) >= 11 is 0. The fraction of sp³-hybridized carbons (Fsp3) is 0.357. The maximum Gasteiger partial charge on any atom is 0.435 e. The third-order valence-electron chi connectivity index (χ3n) is 6.54. The van der Waals surface area contributed by atoms with E-state index in [2.05, 4.69) is 10.4 Å². The summed E-state index contributed by atoms with van der Waals surface area (Å²) in [4.78, 5) is 39.2. The van der Waals surface area contributed by atoms with Crippen LogP contribution in [-0.2, 0) is 44.7 Å². The molecule has 0 radical (unpaired) electrons. The number of carbonyl (C=O) groups excluding carboxylic acids is 3. The van der Waals surface area contributed by atoms with E-state index >= 15 is 0 Å². The van der Waals surface area contributed by atoms with Crippen molar-refractivity contribution in [2.75, 3.05) is 25.3 Å². The highest BCUT2D eigenvalue weighted by Crippen LogP contribution is 2.35. The van der Waals surface area contributed by atoms with Crippen molar-refractivity contribution in [2.24, 2.45) is 0 Å². The van der Waals surface area contributed by atoms with Crippen LogP contribution in [0.1, 0.15) is 29.4 Å². The number of anilines is 1. The number of hydrogen-bond acceptors (Lipinski definition) is 7. The summed E-state index contributed by atoms with van der Waals surface area (Å²) < 4.78 is 57.6. The first kappa shape index (κ1) is 29.4. The van der Waals surface area contributed by atoms with E-state index < -0.39 is 42.2 Å². The molecule has 2 amide bonds. The molecule has 3 aromatic rings. The van der Waals surface area contributed by atoms with Gasteiger partial charge in [0.2, 0.25) is 18.6 Å². The number of nitrogens with zero attached hydrogens (tertiary/aromatic N) is 3. The largest absolute Gasteiger partial charge is 0.466 e. The lowest BCUT2D eigenvalue weighted by Crippen LogP contribution is -2.49. The molecule has 218 valence electrons. The second-order valence-electron chi connectivity index (χ2n) is 9.40. The lowest BCUT2D eigenvalue weighted by atomic mass is 10.0. The monoisotopic (exact) mass is 574 g/mol. The number of benzene rings is 2. The highest BCUT2D eigenvalue weighted by molar-refractivity contribution is 5.99. The molecule has 1 atom stereocenters. The Balaban J connectivity index is 1.54. The molecule has 41 heavy (non-hydrogen) atoms. The molecule has 2 aromatic carbocycles. The van der Waals surface area contributed by atoms with Gasteiger partial charge in [-0.15, -0.1) is 0 Å². The van der Waals surface area contributed by atoms with Gasteiger partial charge in [0.1, 0.15) is 12.6 Å². The van der Waals surface area contributed by atoms with Crippen LogP contribution < -0.4 is 19.7 Å². The molecule has 0 spiro atoms. The fourth-order valence-electron chi connectivity index (χ4n) is 4.44. The number of carbonyl (C=O) groups is 3. The van der Waals surface area contributed by atoms with Gasteiger partial charge in [-0.2, -0.15) is 18.3 Å². The fourth-order valence-corrected chi connectivity index (χ4v) is 4.44. The van der Waals surface area contributed by atoms with E-state index in [1.54, 1.807) is 49.5 Å². The van der Waals surface area contributed by atoms with Crippen LogP contribution in [0.3, 0.4) is 0 Å². The SMILES string of the molecule is CC(=O)OCCc1c(C(F)(F)F)nn(CC(=O)N[C@@H](Cc2ccccc2)C(=O)N(C)c2ccc3c(c2)OCO3)c1C. The summed E-state index contributed by atoms with van der Waals surface area (Å²) in [5.74, 6) is -0.753. The van der Waals surface area contributed by atoms with Crippen molar-refractivity contribution in [1.82, 2.24) is 15.1 Å². The average molecular weight is 575 g/mol. The molecule has 1 N–H and O–H groups in total. The number of hydrogen-bond donors (Lipinski definition) is 1. The first-order chi connectivity index (χ1) is 19.4. The molecular formula is C28H29F3N4O6. The Labute approximate surface area is 234 Å². The van der Waals surface area contributed by atoms with Gasteiger partial charge < -0.3 is 24.4 Å². The normalized spacial score (nSPS) is 13.0. The summed E-state index contributed by atoms with van der Waals surface area (Å²) in [5, 5.41) is 6.31. The van der Waals surface area contributed by atoms with Gasteiger partial charge in [0.15, 0.2) is 17.2 Å². The molecule has 13 heteroatoms. The van der Waals surface area contributed by atoms with Crippen molar-refractivity contribution in [3.05, 3.63) is 71.0 Å². The first-order valence-electron chi connectivity index (χ1n) is 12.7. The number of rotatable bonds is 10. The topological polar surface area (TPSA) is 112 Å². The Morgan fingerprint density at radius 3 is 2.51 bits per heavy atom. The zero-order valence-electron chi connectivity index (χ0n) is 22.7. The average Bonchev–Trinajstić information content (AvgIpc) is 3.52. The second-order valence-corrected chi connectivity index (χ2v) is 9.40. The maximum atomic E-state index is 13.7. The van der Waals surface area contributed by atoms with Crippen LogP contribution in [-0.4, -0.2) is 54.1 Å². The van der Waals surface area contributed by atoms with Crippen LogP contribution >= 0.6 is 0 Å². The van der Waals surface area contributed by atoms with Gasteiger partial charge in [-0.3, -0.25) is 19.1 Å². The van der Waals surface area contributed by atoms with Crippen molar-refractivity contribution in [2.45, 2.75) is 45.5 Å². The third kappa shape index (κ3) is 7.16. The van der Waals surface area contributed by atoms with Gasteiger partial charge in [0.05, 0.1) is 6.61 Å². The molecule has 0 bridgehead atoms. The molecule has 1 aromatic heterocycles. The summed E-state index contributed by atoms with van der Waals surface area (Å²) in [7, 11) is 1.55. The van der Waals surface area contributed by atoms with Crippen molar-refractivity contribution >= 4 is 23.5 Å². The van der Waals surface area contributed by atoms with E-state index in [0.29, 0.717) is 17.2 Å². The number of likely N-dealkylation sites (N-methyl/N-ethyl adjacent to an activating group) is 1. The number of ether oxygens (including phenoxy) is 3. The minimum Gasteiger partial charge on any atom is -0.466 e. The first-order valence-corrected chi connectivity index (χ1v) is 12.7. The zero-order chi connectivity index (χ0) is 29.7. The standard InChI is InChI=1S/C28H29F3N4O6/c1-17-21(11-12-39-18(2)36)26(28(29,30)31)33-35(17)15-25(37)32-22(13-19-7-5-4-6-8-19)27(38)34(3)20-9-10-23-24(14-20)41-16-40-23/h4-10,14,22H,11-13,15-16H2,1-3H3,(H,32,37)/t22-/m0/s1. The van der Waals surface area contributed by atoms with E-state index in [0.717, 1.165) is 17.2 Å². The van der Waals surface area contributed by atoms with E-state index in [-0.39, 0.29) is 37.5 Å². The van der Waals surface area contributed by atoms with Crippen molar-refractivity contribution in [3.63, 3.8) is 0 Å². The number of fused-ring (bicyclic) bond motifs is 1. The summed E-state index contributed by atoms with van der Waals surface area (Å²) in [6.07, 6.45) is -4.87. The second kappa shape index (κ2) is 12.3. The summed E-state index contributed by atoms with van der Waals surface area (Å²) in [5.41, 5.74) is 0.0396. The van der Waals surface area contributed by atoms with Crippen LogP contribution in [0.4, 0.5) is 18.9 Å². The summed E-state index contributed by atoms with van der Waals surface area (Å²) in [6.45, 7) is 1.80. The molecule has 0 unspecified atom stereocenters. The van der Waals surface area contributed by atoms with E-state index in [1.807, 2.05) is 6.07 Å². The molecule has 0 fully saturated rings. The molecule has 1 aliphatic rings. The molecule has 0 aliphatic carbocycles. The van der Waals surface area contributed by atoms with Crippen LogP contribution in [0.25, 0.3) is 0 Å². The highest BCUT2D eigenvalue weighted by atomic mass is 19.4. The van der Waals surface area contributed by atoms with Gasteiger partial charge >= 0.3 is 12.1 Å². The van der Waals surface area contributed by atoms with E-state index in [1.165, 1.54) is 11.8 Å². The number of nitrogens with one attached hydrogen (secondary N) is 1. The maximum absolute atomic E-state index is 13.7. The van der Waals surface area contributed by atoms with Gasteiger partial charge in [0, 0.05) is 49.8 Å². The third-order valence-corrected chi connectivity index (χ3v) is 6.54. The highest BCUT2D eigenvalue weighted by Gasteiger charge is 2.38. The minimum atomic E-state index is -4.78. The van der Waals surface area contributed by atoms with Gasteiger partial charge in [0.25, 0.3) is 0 Å². The molecule has 10 nitrogen and oxygen atoms in total. The Kier molecular flexibility index (Phi) is 8.84. The summed E-state index contributed by atoms with van der Waals surface area (Å²) in [6, 6.07) is 13.0. The Bertz CT molecular complexity index is 1420. The number of alkyl halides is 3. The van der Waals surface area contributed by atoms with E-state index in [9.17, 15) is 27.6 Å². The lowest BCUT2D eigenvalue weighted by Gasteiger charge is -2.25. The molecule has 4 rings (SSSR count). The number of esters is 1. The van der Waals surface area contributed by atoms with Crippen molar-refractivity contribution in [3.8, 4) is 11.5 Å².